The average molecular weight is 585 g/mol. The Morgan fingerprint density at radius 3 is 2.40 bits per heavy atom. The number of hydrogen-bond donors (Lipinski definition) is 5. The van der Waals surface area contributed by atoms with Gasteiger partial charge in [-0.25, -0.2) is 0 Å². The first-order valence-electron chi connectivity index (χ1n) is 15.0. The molecule has 5 N–H and O–H groups in total. The molecule has 0 amide bonds. The van der Waals surface area contributed by atoms with Crippen LogP contribution in [0.4, 0.5) is 0 Å². The highest BCUT2D eigenvalue weighted by molar-refractivity contribution is 5.80. The second-order valence-electron chi connectivity index (χ2n) is 12.0. The maximum absolute atomic E-state index is 13.7. The summed E-state index contributed by atoms with van der Waals surface area (Å²) in [6.45, 7) is 0. The van der Waals surface area contributed by atoms with E-state index < -0.39 is 23.5 Å². The third kappa shape index (κ3) is 6.36. The number of ether oxygens (including phenoxy) is 1. The van der Waals surface area contributed by atoms with Crippen molar-refractivity contribution < 1.29 is 35.1 Å². The number of phenolic OH excluding ortho intramolecular Hbond substituents is 3. The van der Waals surface area contributed by atoms with Crippen LogP contribution in [-0.2, 0) is 16.6 Å². The number of hydrogen-bond acceptors (Lipinski definition) is 7. The first-order chi connectivity index (χ1) is 20.7. The Hall–Kier alpha value is -3.99. The highest BCUT2D eigenvalue weighted by Gasteiger charge is 2.50. The number of aromatic hydroxyl groups is 3. The molecular formula is C36H40O7. The van der Waals surface area contributed by atoms with Crippen molar-refractivity contribution >= 4 is 5.78 Å². The third-order valence-electron chi connectivity index (χ3n) is 9.46. The van der Waals surface area contributed by atoms with Crippen LogP contribution >= 0.6 is 0 Å². The summed E-state index contributed by atoms with van der Waals surface area (Å²) in [6.07, 6.45) is 1.70. The normalized spacial score (nSPS) is 28.0. The van der Waals surface area contributed by atoms with Gasteiger partial charge in [-0.3, -0.25) is 4.79 Å². The summed E-state index contributed by atoms with van der Waals surface area (Å²) in [5.74, 6) is 5.37. The summed E-state index contributed by atoms with van der Waals surface area (Å²) >= 11 is 0. The molecule has 0 aliphatic heterocycles. The van der Waals surface area contributed by atoms with E-state index in [1.54, 1.807) is 24.3 Å². The molecule has 0 bridgehead atoms. The van der Waals surface area contributed by atoms with Crippen LogP contribution in [0.3, 0.4) is 0 Å². The Kier molecular flexibility index (Phi) is 9.29. The van der Waals surface area contributed by atoms with Crippen molar-refractivity contribution in [3.63, 3.8) is 0 Å². The van der Waals surface area contributed by atoms with Crippen LogP contribution in [0.2, 0.25) is 0 Å². The second kappa shape index (κ2) is 13.1. The molecule has 0 aromatic heterocycles. The molecule has 5 rings (SSSR count). The van der Waals surface area contributed by atoms with Crippen LogP contribution in [0.15, 0.2) is 66.7 Å². The number of rotatable bonds is 6. The number of carbonyl (C=O) groups is 1. The van der Waals surface area contributed by atoms with Crippen molar-refractivity contribution in [1.82, 2.24) is 0 Å². The van der Waals surface area contributed by atoms with Gasteiger partial charge in [0.1, 0.15) is 5.78 Å². The zero-order chi connectivity index (χ0) is 30.6. The molecule has 43 heavy (non-hydrogen) atoms. The zero-order valence-electron chi connectivity index (χ0n) is 24.4. The van der Waals surface area contributed by atoms with Crippen LogP contribution in [0.5, 0.6) is 23.0 Å². The topological polar surface area (TPSA) is 127 Å². The van der Waals surface area contributed by atoms with E-state index in [0.717, 1.165) is 24.0 Å². The molecule has 1 fully saturated rings. The maximum Gasteiger partial charge on any atom is 0.160 e. The molecular weight excluding hydrogens is 544 g/mol. The van der Waals surface area contributed by atoms with E-state index >= 15 is 0 Å². The van der Waals surface area contributed by atoms with Crippen molar-refractivity contribution in [2.75, 3.05) is 7.11 Å². The number of ketones is 1. The monoisotopic (exact) mass is 584 g/mol. The molecule has 7 heteroatoms. The van der Waals surface area contributed by atoms with Gasteiger partial charge in [0, 0.05) is 42.4 Å². The zero-order valence-corrected chi connectivity index (χ0v) is 24.4. The largest absolute Gasteiger partial charge is 0.504 e. The summed E-state index contributed by atoms with van der Waals surface area (Å²) in [7, 11) is 1.48. The molecule has 3 aromatic carbocycles. The number of aliphatic hydroxyl groups is 2. The van der Waals surface area contributed by atoms with Gasteiger partial charge in [-0.2, -0.15) is 0 Å². The van der Waals surface area contributed by atoms with E-state index in [-0.39, 0.29) is 54.1 Å². The van der Waals surface area contributed by atoms with Gasteiger partial charge in [0.2, 0.25) is 0 Å². The van der Waals surface area contributed by atoms with E-state index in [0.29, 0.717) is 30.6 Å². The van der Waals surface area contributed by atoms with Crippen LogP contribution in [0.1, 0.15) is 67.6 Å². The lowest BCUT2D eigenvalue weighted by Crippen LogP contribution is -2.52. The molecule has 1 saturated carbocycles. The molecule has 0 radical (unpaired) electrons. The predicted octanol–water partition coefficient (Wildman–Crippen LogP) is 5.36. The van der Waals surface area contributed by atoms with E-state index in [4.69, 9.17) is 4.74 Å². The molecule has 2 aliphatic carbocycles. The van der Waals surface area contributed by atoms with Gasteiger partial charge >= 0.3 is 0 Å². The molecule has 2 aliphatic rings. The van der Waals surface area contributed by atoms with Crippen molar-refractivity contribution in [3.05, 3.63) is 83.4 Å². The second-order valence-corrected chi connectivity index (χ2v) is 12.0. The Bertz CT molecular complexity index is 1490. The Labute approximate surface area is 252 Å². The molecule has 226 valence electrons. The lowest BCUT2D eigenvalue weighted by molar-refractivity contribution is -0.124. The van der Waals surface area contributed by atoms with Crippen LogP contribution in [-0.4, -0.2) is 50.6 Å². The quantitative estimate of drug-likeness (QED) is 0.195. The number of phenols is 3. The first-order valence-corrected chi connectivity index (χ1v) is 15.0. The summed E-state index contributed by atoms with van der Waals surface area (Å²) in [4.78, 5) is 13.7. The van der Waals surface area contributed by atoms with E-state index in [1.807, 2.05) is 30.3 Å². The standard InChI is InChI=1S/C36H40O7/c1-43-34-19-25(13-15-31(34)39)28-21-27(37)22-32(40)29(11-7-10-24(28)18-23-8-3-2-4-9-23)36(17-6-5-12-35(36)42)26-14-16-30(38)33(41)20-26/h2-4,8-9,13-16,19-20,24,28-29,32,35,38-42H,5-6,11-12,17-18,21-22H2,1H3/t24-,28-,29+,32-,35+,36-/m0/s1. The number of carbonyl (C=O) groups excluding carboxylic acids is 1. The summed E-state index contributed by atoms with van der Waals surface area (Å²) in [5.41, 5.74) is 1.58. The van der Waals surface area contributed by atoms with Crippen molar-refractivity contribution in [2.45, 2.75) is 74.9 Å². The molecule has 6 atom stereocenters. The van der Waals surface area contributed by atoms with Gasteiger partial charge in [-0.1, -0.05) is 61.2 Å². The Morgan fingerprint density at radius 2 is 1.67 bits per heavy atom. The van der Waals surface area contributed by atoms with Crippen LogP contribution in [0, 0.1) is 23.7 Å². The summed E-state index contributed by atoms with van der Waals surface area (Å²) < 4.78 is 5.37. The van der Waals surface area contributed by atoms with Gasteiger partial charge in [0.05, 0.1) is 19.3 Å². The fraction of sp³-hybridized carbons (Fsp3) is 0.417. The number of aliphatic hydroxyl groups excluding tert-OH is 2. The van der Waals surface area contributed by atoms with E-state index in [1.165, 1.54) is 19.2 Å². The fourth-order valence-corrected chi connectivity index (χ4v) is 7.22. The molecule has 7 nitrogen and oxygen atoms in total. The lowest BCUT2D eigenvalue weighted by Gasteiger charge is -2.49. The van der Waals surface area contributed by atoms with E-state index in [9.17, 15) is 30.3 Å². The van der Waals surface area contributed by atoms with Crippen molar-refractivity contribution in [3.8, 4) is 34.8 Å². The SMILES string of the molecule is COc1cc([C@H]2CC(=O)C[C@H](O)[C@H]([C@@]3(c4ccc(O)c(O)c4)CCCC[C@H]3O)CC#C[C@H]2Cc2ccccc2)ccc1O. The fourth-order valence-electron chi connectivity index (χ4n) is 7.22. The maximum atomic E-state index is 13.7. The predicted molar refractivity (Wildman–Crippen MR) is 163 cm³/mol. The van der Waals surface area contributed by atoms with Gasteiger partial charge in [0.25, 0.3) is 0 Å². The Morgan fingerprint density at radius 1 is 0.907 bits per heavy atom. The third-order valence-corrected chi connectivity index (χ3v) is 9.46. The van der Waals surface area contributed by atoms with E-state index in [2.05, 4.69) is 11.8 Å². The number of benzene rings is 3. The van der Waals surface area contributed by atoms with Crippen molar-refractivity contribution in [1.29, 1.82) is 0 Å². The van der Waals surface area contributed by atoms with Gasteiger partial charge < -0.3 is 30.3 Å². The average Bonchev–Trinajstić information content (AvgIpc) is 3.00. The van der Waals surface area contributed by atoms with Crippen LogP contribution in [0.25, 0.3) is 0 Å². The molecule has 0 spiro atoms. The molecule has 3 aromatic rings. The minimum Gasteiger partial charge on any atom is -0.504 e. The lowest BCUT2D eigenvalue weighted by atomic mass is 9.57. The summed E-state index contributed by atoms with van der Waals surface area (Å²) in [6, 6.07) is 19.7. The molecule has 0 saturated heterocycles. The molecule has 0 heterocycles. The van der Waals surface area contributed by atoms with Crippen molar-refractivity contribution in [2.24, 2.45) is 11.8 Å². The van der Waals surface area contributed by atoms with Gasteiger partial charge in [0.15, 0.2) is 23.0 Å². The number of Topliss-reactive ketones (excluding diaryl/α,β-unsaturated/α-hetero) is 1. The number of methoxy groups -OCH3 is 1. The van der Waals surface area contributed by atoms with Gasteiger partial charge in [-0.15, -0.1) is 5.92 Å². The summed E-state index contributed by atoms with van der Waals surface area (Å²) in [5, 5.41) is 53.9. The highest BCUT2D eigenvalue weighted by atomic mass is 16.5. The first kappa shape index (κ1) is 30.5. The van der Waals surface area contributed by atoms with Gasteiger partial charge in [-0.05, 0) is 60.2 Å². The highest BCUT2D eigenvalue weighted by Crippen LogP contribution is 2.50. The minimum atomic E-state index is -1.08. The smallest absolute Gasteiger partial charge is 0.160 e. The van der Waals surface area contributed by atoms with Crippen LogP contribution < -0.4 is 4.74 Å². The molecule has 0 unspecified atom stereocenters. The Balaban J connectivity index is 1.59. The minimum absolute atomic E-state index is 0.0120.